The van der Waals surface area contributed by atoms with E-state index in [9.17, 15) is 13.6 Å². The number of rotatable bonds is 6. The first kappa shape index (κ1) is 21.3. The molecule has 0 radical (unpaired) electrons. The highest BCUT2D eigenvalue weighted by atomic mass is 19.3. The fourth-order valence-electron chi connectivity index (χ4n) is 2.78. The Balaban J connectivity index is 0.00000136. The molecule has 146 valence electrons. The van der Waals surface area contributed by atoms with Crippen LogP contribution in [0, 0.1) is 0 Å². The summed E-state index contributed by atoms with van der Waals surface area (Å²) in [6, 6.07) is 21.6. The quantitative estimate of drug-likeness (QED) is 0.585. The first-order valence-electron chi connectivity index (χ1n) is 8.68. The largest absolute Gasteiger partial charge is 0.486 e. The van der Waals surface area contributed by atoms with Crippen molar-refractivity contribution in [3.8, 4) is 28.0 Å². The number of benzene rings is 3. The standard InChI is InChI=1S/C22H18F2O2.CH4O/c1-22(23,24)19-10-11-21(26-13-12-25)20(15-19)18-9-5-8-17(14-18)16-6-3-2-4-7-16;1-2/h2-12,14-15H,13H2,1H3;2H,1H3. The van der Waals surface area contributed by atoms with Gasteiger partial charge in [-0.05, 0) is 41.0 Å². The van der Waals surface area contributed by atoms with Gasteiger partial charge in [0.25, 0.3) is 5.92 Å². The second-order valence-electron chi connectivity index (χ2n) is 6.02. The Labute approximate surface area is 163 Å². The predicted octanol–water partition coefficient (Wildman–Crippen LogP) is 5.32. The zero-order chi connectivity index (χ0) is 20.6. The molecule has 0 heterocycles. The minimum atomic E-state index is -2.96. The Morgan fingerprint density at radius 2 is 1.54 bits per heavy atom. The van der Waals surface area contributed by atoms with E-state index in [-0.39, 0.29) is 12.2 Å². The summed E-state index contributed by atoms with van der Waals surface area (Å²) in [5.74, 6) is -2.56. The Hall–Kier alpha value is -3.05. The second kappa shape index (κ2) is 9.76. The summed E-state index contributed by atoms with van der Waals surface area (Å²) in [6.45, 7) is 0.728. The lowest BCUT2D eigenvalue weighted by molar-refractivity contribution is -0.109. The van der Waals surface area contributed by atoms with Gasteiger partial charge in [-0.25, -0.2) is 8.78 Å². The zero-order valence-corrected chi connectivity index (χ0v) is 15.7. The fourth-order valence-corrected chi connectivity index (χ4v) is 2.78. The van der Waals surface area contributed by atoms with Crippen LogP contribution in [0.3, 0.4) is 0 Å². The second-order valence-corrected chi connectivity index (χ2v) is 6.02. The van der Waals surface area contributed by atoms with Crippen molar-refractivity contribution in [2.24, 2.45) is 0 Å². The summed E-state index contributed by atoms with van der Waals surface area (Å²) >= 11 is 0. The fraction of sp³-hybridized carbons (Fsp3) is 0.174. The maximum Gasteiger partial charge on any atom is 0.270 e. The molecule has 0 spiro atoms. The molecule has 0 saturated heterocycles. The van der Waals surface area contributed by atoms with Crippen molar-refractivity contribution in [1.29, 1.82) is 0 Å². The van der Waals surface area contributed by atoms with Crippen LogP contribution in [0.2, 0.25) is 0 Å². The number of halogens is 2. The maximum atomic E-state index is 13.8. The molecule has 0 aliphatic heterocycles. The van der Waals surface area contributed by atoms with Crippen molar-refractivity contribution in [3.05, 3.63) is 78.4 Å². The van der Waals surface area contributed by atoms with Crippen LogP contribution < -0.4 is 4.74 Å². The Bertz CT molecular complexity index is 903. The molecule has 0 unspecified atom stereocenters. The highest BCUT2D eigenvalue weighted by Crippen LogP contribution is 2.37. The average Bonchev–Trinajstić information content (AvgIpc) is 2.73. The summed E-state index contributed by atoms with van der Waals surface area (Å²) in [7, 11) is 1.00. The molecular weight excluding hydrogens is 362 g/mol. The molecule has 3 aromatic rings. The molecule has 0 bridgehead atoms. The molecule has 0 aromatic heterocycles. The van der Waals surface area contributed by atoms with Gasteiger partial charge in [-0.2, -0.15) is 0 Å². The number of alkyl halides is 2. The number of hydrogen-bond donors (Lipinski definition) is 1. The Kier molecular flexibility index (Phi) is 7.41. The molecule has 5 heteroatoms. The van der Waals surface area contributed by atoms with Crippen molar-refractivity contribution in [3.63, 3.8) is 0 Å². The summed E-state index contributed by atoms with van der Waals surface area (Å²) in [5, 5.41) is 7.00. The van der Waals surface area contributed by atoms with Gasteiger partial charge in [-0.15, -0.1) is 0 Å². The lowest BCUT2D eigenvalue weighted by atomic mass is 9.96. The van der Waals surface area contributed by atoms with Crippen LogP contribution in [0.4, 0.5) is 8.78 Å². The molecule has 3 nitrogen and oxygen atoms in total. The van der Waals surface area contributed by atoms with E-state index < -0.39 is 5.92 Å². The summed E-state index contributed by atoms with van der Waals surface area (Å²) < 4.78 is 33.0. The van der Waals surface area contributed by atoms with E-state index in [0.29, 0.717) is 17.6 Å². The minimum absolute atomic E-state index is 0.101. The summed E-state index contributed by atoms with van der Waals surface area (Å²) in [4.78, 5) is 10.6. The molecule has 1 N–H and O–H groups in total. The number of carbonyl (C=O) groups excluding carboxylic acids is 1. The lowest BCUT2D eigenvalue weighted by Gasteiger charge is -2.16. The SMILES string of the molecule is CC(F)(F)c1ccc(OCC=O)c(-c2cccc(-c3ccccc3)c2)c1.CO. The van der Waals surface area contributed by atoms with E-state index in [0.717, 1.165) is 30.7 Å². The number of hydrogen-bond acceptors (Lipinski definition) is 3. The highest BCUT2D eigenvalue weighted by molar-refractivity contribution is 5.77. The molecule has 0 atom stereocenters. The molecule has 0 aliphatic rings. The van der Waals surface area contributed by atoms with Crippen molar-refractivity contribution in [2.45, 2.75) is 12.8 Å². The monoisotopic (exact) mass is 384 g/mol. The van der Waals surface area contributed by atoms with Crippen molar-refractivity contribution < 1.29 is 23.4 Å². The first-order valence-corrected chi connectivity index (χ1v) is 8.68. The number of aliphatic hydroxyl groups is 1. The molecule has 3 rings (SSSR count). The topological polar surface area (TPSA) is 46.5 Å². The molecule has 0 amide bonds. The number of aldehydes is 1. The van der Waals surface area contributed by atoms with Gasteiger partial charge in [-0.1, -0.05) is 48.5 Å². The number of carbonyl (C=O) groups is 1. The number of aliphatic hydroxyl groups excluding tert-OH is 1. The Morgan fingerprint density at radius 3 is 2.18 bits per heavy atom. The van der Waals surface area contributed by atoms with Crippen molar-refractivity contribution in [2.75, 3.05) is 13.7 Å². The normalized spacial score (nSPS) is 10.6. The molecule has 0 fully saturated rings. The minimum Gasteiger partial charge on any atom is -0.486 e. The maximum absolute atomic E-state index is 13.8. The van der Waals surface area contributed by atoms with E-state index in [1.807, 2.05) is 54.6 Å². The van der Waals surface area contributed by atoms with Crippen LogP contribution >= 0.6 is 0 Å². The van der Waals surface area contributed by atoms with E-state index in [1.165, 1.54) is 18.2 Å². The molecular formula is C23H22F2O3. The third-order valence-electron chi connectivity index (χ3n) is 4.07. The van der Waals surface area contributed by atoms with Crippen LogP contribution in [0.15, 0.2) is 72.8 Å². The Morgan fingerprint density at radius 1 is 0.893 bits per heavy atom. The summed E-state index contributed by atoms with van der Waals surface area (Å²) in [6.07, 6.45) is 0.631. The van der Waals surface area contributed by atoms with E-state index in [2.05, 4.69) is 0 Å². The van der Waals surface area contributed by atoms with Crippen LogP contribution in [-0.2, 0) is 10.7 Å². The molecule has 28 heavy (non-hydrogen) atoms. The van der Waals surface area contributed by atoms with E-state index in [4.69, 9.17) is 9.84 Å². The van der Waals surface area contributed by atoms with Crippen LogP contribution in [0.5, 0.6) is 5.75 Å². The van der Waals surface area contributed by atoms with Gasteiger partial charge in [0.15, 0.2) is 6.29 Å². The van der Waals surface area contributed by atoms with Crippen LogP contribution in [-0.4, -0.2) is 25.1 Å². The number of ether oxygens (including phenoxy) is 1. The van der Waals surface area contributed by atoms with Crippen LogP contribution in [0.1, 0.15) is 12.5 Å². The van der Waals surface area contributed by atoms with Gasteiger partial charge < -0.3 is 9.84 Å². The predicted molar refractivity (Wildman–Crippen MR) is 107 cm³/mol. The van der Waals surface area contributed by atoms with Crippen molar-refractivity contribution >= 4 is 6.29 Å². The van der Waals surface area contributed by atoms with Gasteiger partial charge in [0.1, 0.15) is 12.4 Å². The van der Waals surface area contributed by atoms with Gasteiger partial charge >= 0.3 is 0 Å². The molecule has 0 saturated carbocycles. The zero-order valence-electron chi connectivity index (χ0n) is 15.7. The highest BCUT2D eigenvalue weighted by Gasteiger charge is 2.25. The smallest absolute Gasteiger partial charge is 0.270 e. The third-order valence-corrected chi connectivity index (χ3v) is 4.07. The van der Waals surface area contributed by atoms with E-state index in [1.54, 1.807) is 0 Å². The van der Waals surface area contributed by atoms with Gasteiger partial charge in [0, 0.05) is 25.2 Å². The first-order chi connectivity index (χ1) is 13.5. The van der Waals surface area contributed by atoms with Gasteiger partial charge in [0.2, 0.25) is 0 Å². The third kappa shape index (κ3) is 5.24. The summed E-state index contributed by atoms with van der Waals surface area (Å²) in [5.41, 5.74) is 3.18. The van der Waals surface area contributed by atoms with Crippen LogP contribution in [0.25, 0.3) is 22.3 Å². The average molecular weight is 384 g/mol. The lowest BCUT2D eigenvalue weighted by Crippen LogP contribution is -2.08. The molecule has 3 aromatic carbocycles. The van der Waals surface area contributed by atoms with Crippen molar-refractivity contribution in [1.82, 2.24) is 0 Å². The molecule has 0 aliphatic carbocycles. The van der Waals surface area contributed by atoms with E-state index >= 15 is 0 Å². The van der Waals surface area contributed by atoms with Gasteiger partial charge in [0.05, 0.1) is 0 Å². The van der Waals surface area contributed by atoms with Gasteiger partial charge in [-0.3, -0.25) is 4.79 Å².